The predicted molar refractivity (Wildman–Crippen MR) is 95.0 cm³/mol. The van der Waals surface area contributed by atoms with Gasteiger partial charge in [0.1, 0.15) is 11.0 Å². The molecule has 2 aromatic heterocycles. The number of carbonyl (C=O) groups is 1. The number of aromatic nitrogens is 4. The largest absolute Gasteiger partial charge is 0.307 e. The summed E-state index contributed by atoms with van der Waals surface area (Å²) < 4.78 is 3.53. The third kappa shape index (κ3) is 3.53. The summed E-state index contributed by atoms with van der Waals surface area (Å²) in [4.78, 5) is 12.2. The fraction of sp³-hybridized carbons (Fsp3) is 0.471. The fourth-order valence-corrected chi connectivity index (χ4v) is 3.43. The molecule has 1 N–H and O–H groups in total. The maximum Gasteiger partial charge on any atom is 0.249 e. The van der Waals surface area contributed by atoms with Crippen LogP contribution in [0.4, 0.5) is 5.82 Å². The molecular formula is C17H22ClN5O. The van der Waals surface area contributed by atoms with Crippen molar-refractivity contribution >= 4 is 29.4 Å². The standard InChI is InChI=1S/C17H22ClN5O/c1-12-14(17(18)22(2)21-12)8-9-16(24)20-15-10-11-19-23(15)13-6-4-3-5-7-13/h8-11,13H,3-7H2,1-2H3,(H,20,24)/b9-8+. The van der Waals surface area contributed by atoms with E-state index in [0.717, 1.165) is 29.9 Å². The second-order valence-electron chi connectivity index (χ2n) is 6.19. The van der Waals surface area contributed by atoms with Gasteiger partial charge in [-0.2, -0.15) is 10.2 Å². The predicted octanol–water partition coefficient (Wildman–Crippen LogP) is 3.74. The minimum absolute atomic E-state index is 0.202. The number of rotatable bonds is 4. The van der Waals surface area contributed by atoms with E-state index in [1.165, 1.54) is 25.3 Å². The highest BCUT2D eigenvalue weighted by Crippen LogP contribution is 2.29. The number of hydrogen-bond donors (Lipinski definition) is 1. The van der Waals surface area contributed by atoms with Crippen LogP contribution < -0.4 is 5.32 Å². The SMILES string of the molecule is Cc1nn(C)c(Cl)c1/C=C/C(=O)Nc1ccnn1C1CCCCC1. The lowest BCUT2D eigenvalue weighted by atomic mass is 9.96. The lowest BCUT2D eigenvalue weighted by Gasteiger charge is -2.23. The smallest absolute Gasteiger partial charge is 0.249 e. The summed E-state index contributed by atoms with van der Waals surface area (Å²) >= 11 is 6.17. The van der Waals surface area contributed by atoms with Crippen LogP contribution in [0.3, 0.4) is 0 Å². The second-order valence-corrected chi connectivity index (χ2v) is 6.55. The van der Waals surface area contributed by atoms with Gasteiger partial charge in [0.05, 0.1) is 17.9 Å². The molecule has 6 nitrogen and oxygen atoms in total. The zero-order valence-electron chi connectivity index (χ0n) is 14.0. The van der Waals surface area contributed by atoms with Crippen molar-refractivity contribution in [3.05, 3.63) is 34.7 Å². The van der Waals surface area contributed by atoms with Crippen LogP contribution in [0.5, 0.6) is 0 Å². The quantitative estimate of drug-likeness (QED) is 0.857. The van der Waals surface area contributed by atoms with Crippen molar-refractivity contribution in [1.29, 1.82) is 0 Å². The van der Waals surface area contributed by atoms with Gasteiger partial charge in [0.15, 0.2) is 0 Å². The molecule has 0 aliphatic heterocycles. The monoisotopic (exact) mass is 347 g/mol. The van der Waals surface area contributed by atoms with Gasteiger partial charge in [-0.05, 0) is 25.8 Å². The highest BCUT2D eigenvalue weighted by molar-refractivity contribution is 6.31. The molecule has 0 atom stereocenters. The van der Waals surface area contributed by atoms with Gasteiger partial charge >= 0.3 is 0 Å². The molecule has 0 unspecified atom stereocenters. The number of halogens is 1. The number of nitrogens with zero attached hydrogens (tertiary/aromatic N) is 4. The zero-order valence-corrected chi connectivity index (χ0v) is 14.8. The molecule has 2 aromatic rings. The first kappa shape index (κ1) is 16.8. The molecule has 0 radical (unpaired) electrons. The van der Waals surface area contributed by atoms with E-state index >= 15 is 0 Å². The van der Waals surface area contributed by atoms with Gasteiger partial charge in [0, 0.05) is 24.8 Å². The Bertz CT molecular complexity index is 755. The third-order valence-corrected chi connectivity index (χ3v) is 4.89. The molecule has 1 amide bonds. The lowest BCUT2D eigenvalue weighted by Crippen LogP contribution is -2.19. The van der Waals surface area contributed by atoms with Crippen LogP contribution >= 0.6 is 11.6 Å². The molecule has 0 spiro atoms. The first-order valence-electron chi connectivity index (χ1n) is 8.28. The molecule has 0 saturated heterocycles. The van der Waals surface area contributed by atoms with E-state index in [4.69, 9.17) is 11.6 Å². The lowest BCUT2D eigenvalue weighted by molar-refractivity contribution is -0.111. The first-order chi connectivity index (χ1) is 11.6. The van der Waals surface area contributed by atoms with Crippen molar-refractivity contribution in [2.45, 2.75) is 45.1 Å². The Balaban J connectivity index is 1.69. The Morgan fingerprint density at radius 1 is 1.38 bits per heavy atom. The Kier molecular flexibility index (Phi) is 5.04. The van der Waals surface area contributed by atoms with Crippen molar-refractivity contribution in [2.24, 2.45) is 7.05 Å². The van der Waals surface area contributed by atoms with E-state index in [2.05, 4.69) is 15.5 Å². The Labute approximate surface area is 146 Å². The van der Waals surface area contributed by atoms with Gasteiger partial charge < -0.3 is 5.32 Å². The molecule has 7 heteroatoms. The molecule has 1 aliphatic rings. The number of hydrogen-bond acceptors (Lipinski definition) is 3. The van der Waals surface area contributed by atoms with Crippen LogP contribution in [-0.2, 0) is 11.8 Å². The Morgan fingerprint density at radius 3 is 2.79 bits per heavy atom. The molecule has 24 heavy (non-hydrogen) atoms. The highest BCUT2D eigenvalue weighted by atomic mass is 35.5. The Hall–Kier alpha value is -2.08. The van der Waals surface area contributed by atoms with Crippen LogP contribution in [-0.4, -0.2) is 25.5 Å². The summed E-state index contributed by atoms with van der Waals surface area (Å²) in [5.74, 6) is 0.539. The van der Waals surface area contributed by atoms with Crippen molar-refractivity contribution in [3.63, 3.8) is 0 Å². The van der Waals surface area contributed by atoms with Crippen LogP contribution in [0.1, 0.15) is 49.4 Å². The molecule has 1 aliphatic carbocycles. The summed E-state index contributed by atoms with van der Waals surface area (Å²) in [6.07, 6.45) is 10.9. The molecule has 0 bridgehead atoms. The third-order valence-electron chi connectivity index (χ3n) is 4.44. The van der Waals surface area contributed by atoms with E-state index < -0.39 is 0 Å². The van der Waals surface area contributed by atoms with E-state index in [1.807, 2.05) is 17.7 Å². The van der Waals surface area contributed by atoms with Gasteiger partial charge in [-0.25, -0.2) is 4.68 Å². The van der Waals surface area contributed by atoms with Crippen molar-refractivity contribution in [1.82, 2.24) is 19.6 Å². The molecule has 3 rings (SSSR count). The summed E-state index contributed by atoms with van der Waals surface area (Å²) in [7, 11) is 1.77. The number of anilines is 1. The number of nitrogens with one attached hydrogen (secondary N) is 1. The van der Waals surface area contributed by atoms with Gasteiger partial charge in [-0.3, -0.25) is 9.48 Å². The molecule has 1 fully saturated rings. The van der Waals surface area contributed by atoms with Crippen LogP contribution in [0.15, 0.2) is 18.3 Å². The van der Waals surface area contributed by atoms with Crippen LogP contribution in [0.2, 0.25) is 5.15 Å². The first-order valence-corrected chi connectivity index (χ1v) is 8.65. The van der Waals surface area contributed by atoms with Gasteiger partial charge in [-0.1, -0.05) is 30.9 Å². The average Bonchev–Trinajstić information content (AvgIpc) is 3.12. The summed E-state index contributed by atoms with van der Waals surface area (Å²) in [6, 6.07) is 2.21. The number of amides is 1. The van der Waals surface area contributed by atoms with Gasteiger partial charge in [-0.15, -0.1) is 0 Å². The minimum Gasteiger partial charge on any atom is -0.307 e. The molecule has 0 aromatic carbocycles. The Morgan fingerprint density at radius 2 is 2.12 bits per heavy atom. The fourth-order valence-electron chi connectivity index (χ4n) is 3.19. The van der Waals surface area contributed by atoms with Crippen molar-refractivity contribution < 1.29 is 4.79 Å². The summed E-state index contributed by atoms with van der Waals surface area (Å²) in [6.45, 7) is 1.86. The number of aryl methyl sites for hydroxylation is 2. The minimum atomic E-state index is -0.202. The van der Waals surface area contributed by atoms with Gasteiger partial charge in [0.25, 0.3) is 0 Å². The van der Waals surface area contributed by atoms with Crippen molar-refractivity contribution in [2.75, 3.05) is 5.32 Å². The molecule has 1 saturated carbocycles. The van der Waals surface area contributed by atoms with Crippen molar-refractivity contribution in [3.8, 4) is 0 Å². The summed E-state index contributed by atoms with van der Waals surface area (Å²) in [5, 5.41) is 12.0. The topological polar surface area (TPSA) is 64.7 Å². The second kappa shape index (κ2) is 7.21. The zero-order chi connectivity index (χ0) is 17.1. The molecule has 2 heterocycles. The van der Waals surface area contributed by atoms with Crippen LogP contribution in [0.25, 0.3) is 6.08 Å². The maximum absolute atomic E-state index is 12.2. The molecular weight excluding hydrogens is 326 g/mol. The molecule has 128 valence electrons. The van der Waals surface area contributed by atoms with Gasteiger partial charge in [0.2, 0.25) is 5.91 Å². The highest BCUT2D eigenvalue weighted by Gasteiger charge is 2.18. The summed E-state index contributed by atoms with van der Waals surface area (Å²) in [5.41, 5.74) is 1.55. The maximum atomic E-state index is 12.2. The van der Waals surface area contributed by atoms with E-state index in [1.54, 1.807) is 24.0 Å². The van der Waals surface area contributed by atoms with E-state index in [0.29, 0.717) is 11.2 Å². The normalized spacial score (nSPS) is 16.0. The number of carbonyl (C=O) groups excluding carboxylic acids is 1. The van der Waals surface area contributed by atoms with E-state index in [9.17, 15) is 4.79 Å². The van der Waals surface area contributed by atoms with E-state index in [-0.39, 0.29) is 5.91 Å². The average molecular weight is 348 g/mol. The van der Waals surface area contributed by atoms with Crippen LogP contribution in [0, 0.1) is 6.92 Å².